The molecule has 2 aliphatic heterocycles. The van der Waals surface area contributed by atoms with Crippen molar-refractivity contribution in [1.29, 1.82) is 0 Å². The molecule has 1 aromatic heterocycles. The van der Waals surface area contributed by atoms with Gasteiger partial charge in [-0.15, -0.1) is 0 Å². The number of nitrogens with one attached hydrogen (secondary N) is 2. The van der Waals surface area contributed by atoms with Gasteiger partial charge < -0.3 is 15.2 Å². The fourth-order valence-electron chi connectivity index (χ4n) is 3.26. The van der Waals surface area contributed by atoms with Crippen molar-refractivity contribution < 1.29 is 9.32 Å². The molecule has 0 spiro atoms. The number of rotatable bonds is 4. The van der Waals surface area contributed by atoms with E-state index in [1.54, 1.807) is 0 Å². The number of hydrogen-bond acceptors (Lipinski definition) is 5. The van der Waals surface area contributed by atoms with Crippen LogP contribution in [-0.4, -0.2) is 34.7 Å². The smallest absolute Gasteiger partial charge is 0.292 e. The second-order valence-electron chi connectivity index (χ2n) is 5.55. The Hall–Kier alpha value is -1.43. The van der Waals surface area contributed by atoms with Gasteiger partial charge in [0.05, 0.1) is 0 Å². The van der Waals surface area contributed by atoms with Gasteiger partial charge in [-0.3, -0.25) is 4.79 Å². The van der Waals surface area contributed by atoms with Gasteiger partial charge >= 0.3 is 0 Å². The van der Waals surface area contributed by atoms with Gasteiger partial charge in [-0.25, -0.2) is 0 Å². The van der Waals surface area contributed by atoms with Gasteiger partial charge in [-0.1, -0.05) is 5.16 Å². The summed E-state index contributed by atoms with van der Waals surface area (Å²) in [5.74, 6) is 1.07. The lowest BCUT2D eigenvalue weighted by atomic mass is 9.90. The highest BCUT2D eigenvalue weighted by atomic mass is 16.5. The van der Waals surface area contributed by atoms with Crippen molar-refractivity contribution in [2.75, 3.05) is 6.54 Å². The molecule has 0 aliphatic carbocycles. The number of amides is 1. The molecule has 3 heterocycles. The van der Waals surface area contributed by atoms with E-state index in [0.717, 1.165) is 6.42 Å². The van der Waals surface area contributed by atoms with E-state index in [1.807, 2.05) is 6.92 Å². The summed E-state index contributed by atoms with van der Waals surface area (Å²) in [6.45, 7) is 2.43. The molecule has 6 heteroatoms. The van der Waals surface area contributed by atoms with Crippen LogP contribution in [0.2, 0.25) is 0 Å². The Morgan fingerprint density at radius 3 is 2.84 bits per heavy atom. The van der Waals surface area contributed by atoms with Crippen LogP contribution in [0.4, 0.5) is 0 Å². The first kappa shape index (κ1) is 12.6. The van der Waals surface area contributed by atoms with Gasteiger partial charge in [0.25, 0.3) is 11.7 Å². The molecule has 0 radical (unpaired) electrons. The molecule has 6 nitrogen and oxygen atoms in total. The van der Waals surface area contributed by atoms with Crippen LogP contribution in [0.3, 0.4) is 0 Å². The third-order valence-electron chi connectivity index (χ3n) is 4.04. The first-order valence-electron chi connectivity index (χ1n) is 7.11. The van der Waals surface area contributed by atoms with E-state index in [1.165, 1.54) is 25.7 Å². The first-order chi connectivity index (χ1) is 9.24. The van der Waals surface area contributed by atoms with Crippen molar-refractivity contribution in [3.8, 4) is 0 Å². The lowest BCUT2D eigenvalue weighted by Crippen LogP contribution is -2.38. The third kappa shape index (κ3) is 2.78. The Morgan fingerprint density at radius 1 is 1.42 bits per heavy atom. The molecule has 0 saturated carbocycles. The van der Waals surface area contributed by atoms with Crippen LogP contribution in [0, 0.1) is 5.92 Å². The Kier molecular flexibility index (Phi) is 3.50. The second kappa shape index (κ2) is 5.28. The van der Waals surface area contributed by atoms with Gasteiger partial charge in [-0.05, 0) is 38.5 Å². The number of carbonyl (C=O) groups excluding carboxylic acids is 1. The van der Waals surface area contributed by atoms with E-state index < -0.39 is 0 Å². The van der Waals surface area contributed by atoms with E-state index in [-0.39, 0.29) is 11.7 Å². The quantitative estimate of drug-likeness (QED) is 0.844. The summed E-state index contributed by atoms with van der Waals surface area (Å²) in [5, 5.41) is 10.0. The van der Waals surface area contributed by atoms with Crippen LogP contribution in [0.1, 0.15) is 49.1 Å². The molecular formula is C13H20N4O2. The molecule has 104 valence electrons. The minimum atomic E-state index is -0.261. The molecule has 19 heavy (non-hydrogen) atoms. The molecule has 2 unspecified atom stereocenters. The number of nitrogens with zero attached hydrogens (tertiary/aromatic N) is 2. The molecule has 0 aromatic carbocycles. The molecule has 2 fully saturated rings. The number of aromatic nitrogens is 2. The second-order valence-corrected chi connectivity index (χ2v) is 5.55. The van der Waals surface area contributed by atoms with Crippen molar-refractivity contribution >= 4 is 5.91 Å². The normalized spacial score (nSPS) is 29.4. The van der Waals surface area contributed by atoms with Crippen LogP contribution in [0.5, 0.6) is 0 Å². The van der Waals surface area contributed by atoms with E-state index in [9.17, 15) is 4.79 Å². The molecule has 2 aliphatic rings. The first-order valence-corrected chi connectivity index (χ1v) is 7.11. The van der Waals surface area contributed by atoms with Crippen molar-refractivity contribution in [3.63, 3.8) is 0 Å². The van der Waals surface area contributed by atoms with Crippen LogP contribution in [0.25, 0.3) is 0 Å². The van der Waals surface area contributed by atoms with Crippen molar-refractivity contribution in [2.24, 2.45) is 5.92 Å². The molecule has 2 saturated heterocycles. The number of fused-ring (bicyclic) bond motifs is 2. The van der Waals surface area contributed by atoms with E-state index in [4.69, 9.17) is 4.52 Å². The average Bonchev–Trinajstić information content (AvgIpc) is 2.97. The molecule has 1 aromatic rings. The zero-order valence-electron chi connectivity index (χ0n) is 11.2. The van der Waals surface area contributed by atoms with Crippen LogP contribution >= 0.6 is 0 Å². The van der Waals surface area contributed by atoms with Crippen LogP contribution in [-0.2, 0) is 6.42 Å². The average molecular weight is 264 g/mol. The maximum Gasteiger partial charge on any atom is 0.292 e. The van der Waals surface area contributed by atoms with Gasteiger partial charge in [-0.2, -0.15) is 4.98 Å². The van der Waals surface area contributed by atoms with E-state index in [2.05, 4.69) is 20.8 Å². The minimum Gasteiger partial charge on any atom is -0.349 e. The summed E-state index contributed by atoms with van der Waals surface area (Å²) >= 11 is 0. The van der Waals surface area contributed by atoms with Crippen molar-refractivity contribution in [2.45, 2.75) is 51.1 Å². The molecule has 3 rings (SSSR count). The Balaban J connectivity index is 1.59. The van der Waals surface area contributed by atoms with Gasteiger partial charge in [0, 0.05) is 25.0 Å². The maximum atomic E-state index is 11.6. The fourth-order valence-corrected chi connectivity index (χ4v) is 3.26. The zero-order chi connectivity index (χ0) is 13.2. The summed E-state index contributed by atoms with van der Waals surface area (Å²) < 4.78 is 5.18. The lowest BCUT2D eigenvalue weighted by Gasteiger charge is -2.27. The van der Waals surface area contributed by atoms with Gasteiger partial charge in [0.15, 0.2) is 0 Å². The van der Waals surface area contributed by atoms with Crippen molar-refractivity contribution in [1.82, 2.24) is 20.8 Å². The number of hydrogen-bond donors (Lipinski definition) is 2. The number of carbonyl (C=O) groups is 1. The highest BCUT2D eigenvalue weighted by molar-refractivity contribution is 5.90. The largest absolute Gasteiger partial charge is 0.349 e. The molecule has 2 bridgehead atoms. The van der Waals surface area contributed by atoms with Crippen molar-refractivity contribution in [3.05, 3.63) is 11.7 Å². The molecule has 2 atom stereocenters. The molecular weight excluding hydrogens is 244 g/mol. The SMILES string of the molecule is CCNC(=O)c1noc(CC2CC3CCC(C2)N3)n1. The highest BCUT2D eigenvalue weighted by Crippen LogP contribution is 2.32. The van der Waals surface area contributed by atoms with Gasteiger partial charge in [0.1, 0.15) is 0 Å². The predicted octanol–water partition coefficient (Wildman–Crippen LogP) is 0.892. The third-order valence-corrected chi connectivity index (χ3v) is 4.04. The summed E-state index contributed by atoms with van der Waals surface area (Å²) in [4.78, 5) is 15.7. The van der Waals surface area contributed by atoms with Gasteiger partial charge in [0.2, 0.25) is 5.89 Å². The fraction of sp³-hybridized carbons (Fsp3) is 0.769. The van der Waals surface area contributed by atoms with E-state index >= 15 is 0 Å². The zero-order valence-corrected chi connectivity index (χ0v) is 11.2. The van der Waals surface area contributed by atoms with Crippen LogP contribution < -0.4 is 10.6 Å². The number of piperidine rings is 1. The van der Waals surface area contributed by atoms with E-state index in [0.29, 0.717) is 30.4 Å². The summed E-state index contributed by atoms with van der Waals surface area (Å²) in [7, 11) is 0. The minimum absolute atomic E-state index is 0.147. The summed E-state index contributed by atoms with van der Waals surface area (Å²) in [5.41, 5.74) is 0. The monoisotopic (exact) mass is 264 g/mol. The topological polar surface area (TPSA) is 80.0 Å². The van der Waals surface area contributed by atoms with Crippen LogP contribution in [0.15, 0.2) is 4.52 Å². The Bertz CT molecular complexity index is 447. The highest BCUT2D eigenvalue weighted by Gasteiger charge is 2.34. The molecule has 1 amide bonds. The maximum absolute atomic E-state index is 11.6. The molecule has 2 N–H and O–H groups in total. The Morgan fingerprint density at radius 2 is 2.16 bits per heavy atom. The lowest BCUT2D eigenvalue weighted by molar-refractivity contribution is 0.0942. The predicted molar refractivity (Wildman–Crippen MR) is 68.7 cm³/mol. The Labute approximate surface area is 112 Å². The standard InChI is InChI=1S/C13H20N4O2/c1-2-14-13(18)12-16-11(19-17-12)7-8-5-9-3-4-10(6-8)15-9/h8-10,15H,2-7H2,1H3,(H,14,18). The summed E-state index contributed by atoms with van der Waals surface area (Å²) in [6.07, 6.45) is 5.72. The summed E-state index contributed by atoms with van der Waals surface area (Å²) in [6, 6.07) is 1.32.